The Morgan fingerprint density at radius 2 is 1.58 bits per heavy atom. The molecule has 26 heavy (non-hydrogen) atoms. The normalized spacial score (nSPS) is 12.1. The van der Waals surface area contributed by atoms with Gasteiger partial charge in [0.15, 0.2) is 0 Å². The van der Waals surface area contributed by atoms with Crippen LogP contribution >= 0.6 is 0 Å². The number of nitrogens with zero attached hydrogens (tertiary/aromatic N) is 2. The minimum Gasteiger partial charge on any atom is -0.450 e. The minimum absolute atomic E-state index is 0.0923. The van der Waals surface area contributed by atoms with Crippen LogP contribution < -0.4 is 10.6 Å². The fourth-order valence-electron chi connectivity index (χ4n) is 2.29. The van der Waals surface area contributed by atoms with E-state index in [-0.39, 0.29) is 5.69 Å². The van der Waals surface area contributed by atoms with Crippen LogP contribution in [0.15, 0.2) is 48.5 Å². The number of nitro benzene ring substituents is 1. The van der Waals surface area contributed by atoms with Crippen molar-refractivity contribution < 1.29 is 24.0 Å². The van der Waals surface area contributed by atoms with Crippen molar-refractivity contribution >= 4 is 29.3 Å². The maximum atomic E-state index is 12.2. The molecule has 1 aliphatic rings. The molecule has 9 nitrogen and oxygen atoms in total. The predicted octanol–water partition coefficient (Wildman–Crippen LogP) is 2.50. The fourth-order valence-corrected chi connectivity index (χ4v) is 2.29. The molecule has 0 aliphatic carbocycles. The summed E-state index contributed by atoms with van der Waals surface area (Å²) in [6.45, 7) is 2.06. The zero-order valence-electron chi connectivity index (χ0n) is 13.7. The number of carbonyl (C=O) groups excluding carboxylic acids is 3. The molecule has 0 bridgehead atoms. The van der Waals surface area contributed by atoms with Crippen molar-refractivity contribution in [2.24, 2.45) is 5.73 Å². The van der Waals surface area contributed by atoms with Crippen molar-refractivity contribution in [3.05, 3.63) is 69.8 Å². The zero-order chi connectivity index (χ0) is 19.3. The van der Waals surface area contributed by atoms with Gasteiger partial charge < -0.3 is 10.5 Å². The number of carbonyl (C=O) groups is 3. The van der Waals surface area contributed by atoms with E-state index in [9.17, 15) is 24.5 Å². The lowest BCUT2D eigenvalue weighted by molar-refractivity contribution is -0.384. The van der Waals surface area contributed by atoms with Gasteiger partial charge in [0.1, 0.15) is 0 Å². The van der Waals surface area contributed by atoms with Crippen molar-refractivity contribution in [2.75, 3.05) is 11.5 Å². The molecule has 0 saturated carbocycles. The number of hydrogen-bond donors (Lipinski definition) is 1. The largest absolute Gasteiger partial charge is 0.450 e. The van der Waals surface area contributed by atoms with Gasteiger partial charge in [0.2, 0.25) is 0 Å². The van der Waals surface area contributed by atoms with Gasteiger partial charge in [-0.2, -0.15) is 0 Å². The molecule has 0 aromatic heterocycles. The van der Waals surface area contributed by atoms with Crippen LogP contribution in [0, 0.1) is 10.1 Å². The third kappa shape index (κ3) is 3.83. The second kappa shape index (κ2) is 7.88. The highest BCUT2D eigenvalue weighted by molar-refractivity contribution is 6.34. The van der Waals surface area contributed by atoms with E-state index in [0.717, 1.165) is 4.90 Å². The number of amides is 3. The molecule has 1 heterocycles. The Kier molecular flexibility index (Phi) is 5.63. The number of benzene rings is 2. The summed E-state index contributed by atoms with van der Waals surface area (Å²) >= 11 is 0. The number of imide groups is 1. The van der Waals surface area contributed by atoms with Gasteiger partial charge >= 0.3 is 6.09 Å². The fraction of sp³-hybridized carbons (Fsp3) is 0.118. The Labute approximate surface area is 148 Å². The van der Waals surface area contributed by atoms with Gasteiger partial charge in [-0.25, -0.2) is 9.69 Å². The summed E-state index contributed by atoms with van der Waals surface area (Å²) in [5.74, 6) is -0.834. The first kappa shape index (κ1) is 18.6. The molecule has 3 amide bonds. The summed E-state index contributed by atoms with van der Waals surface area (Å²) in [5.41, 5.74) is 5.46. The van der Waals surface area contributed by atoms with Crippen LogP contribution in [0.2, 0.25) is 0 Å². The molecule has 0 radical (unpaired) electrons. The highest BCUT2D eigenvalue weighted by atomic mass is 16.6. The topological polar surface area (TPSA) is 133 Å². The predicted molar refractivity (Wildman–Crippen MR) is 91.9 cm³/mol. The third-order valence-corrected chi connectivity index (χ3v) is 3.40. The smallest absolute Gasteiger partial charge is 0.404 e. The third-order valence-electron chi connectivity index (χ3n) is 3.40. The van der Waals surface area contributed by atoms with Gasteiger partial charge in [0, 0.05) is 12.1 Å². The maximum Gasteiger partial charge on any atom is 0.404 e. The molecule has 0 fully saturated rings. The van der Waals surface area contributed by atoms with Crippen LogP contribution in [-0.2, 0) is 4.74 Å². The van der Waals surface area contributed by atoms with Crippen molar-refractivity contribution in [3.8, 4) is 0 Å². The van der Waals surface area contributed by atoms with Crippen LogP contribution in [0.3, 0.4) is 0 Å². The zero-order valence-corrected chi connectivity index (χ0v) is 13.7. The van der Waals surface area contributed by atoms with E-state index in [1.54, 1.807) is 31.2 Å². The summed E-state index contributed by atoms with van der Waals surface area (Å²) in [7, 11) is 0. The average molecular weight is 357 g/mol. The van der Waals surface area contributed by atoms with Gasteiger partial charge in [0.25, 0.3) is 17.5 Å². The summed E-state index contributed by atoms with van der Waals surface area (Å²) in [6, 6.07) is 11.8. The first-order chi connectivity index (χ1) is 12.4. The Hall–Kier alpha value is -3.75. The minimum atomic E-state index is -0.711. The van der Waals surface area contributed by atoms with Crippen LogP contribution in [0.4, 0.5) is 16.2 Å². The van der Waals surface area contributed by atoms with E-state index < -0.39 is 22.8 Å². The van der Waals surface area contributed by atoms with E-state index in [0.29, 0.717) is 23.4 Å². The molecule has 0 atom stereocenters. The van der Waals surface area contributed by atoms with E-state index >= 15 is 0 Å². The highest BCUT2D eigenvalue weighted by Crippen LogP contribution is 2.29. The molecule has 2 N–H and O–H groups in total. The lowest BCUT2D eigenvalue weighted by Gasteiger charge is -2.13. The average Bonchev–Trinajstić information content (AvgIpc) is 2.87. The van der Waals surface area contributed by atoms with Crippen molar-refractivity contribution in [3.63, 3.8) is 0 Å². The second-order valence-electron chi connectivity index (χ2n) is 5.02. The summed E-state index contributed by atoms with van der Waals surface area (Å²) < 4.78 is 4.18. The van der Waals surface area contributed by atoms with Crippen molar-refractivity contribution in [1.82, 2.24) is 0 Å². The lowest BCUT2D eigenvalue weighted by Crippen LogP contribution is -2.29. The van der Waals surface area contributed by atoms with E-state index in [2.05, 4.69) is 10.5 Å². The molecule has 2 aromatic carbocycles. The standard InChI is InChI=1S/C14H8N2O4.C3H7NO2/c17-13-11-3-1-2-4-12(11)14(18)15(13)9-5-7-10(8-6-9)16(19)20;1-2-6-3(4)5/h1-8H;2H2,1H3,(H2,4,5). The van der Waals surface area contributed by atoms with Gasteiger partial charge in [-0.05, 0) is 31.2 Å². The number of non-ortho nitro benzene ring substituents is 1. The highest BCUT2D eigenvalue weighted by Gasteiger charge is 2.36. The number of anilines is 1. The van der Waals surface area contributed by atoms with E-state index in [4.69, 9.17) is 0 Å². The number of primary amides is 1. The maximum absolute atomic E-state index is 12.2. The quantitative estimate of drug-likeness (QED) is 0.510. The lowest BCUT2D eigenvalue weighted by atomic mass is 10.1. The van der Waals surface area contributed by atoms with Crippen molar-refractivity contribution in [1.29, 1.82) is 0 Å². The Morgan fingerprint density at radius 1 is 1.08 bits per heavy atom. The van der Waals surface area contributed by atoms with Crippen LogP contribution in [0.1, 0.15) is 27.6 Å². The van der Waals surface area contributed by atoms with Gasteiger partial charge in [0.05, 0.1) is 28.3 Å². The molecule has 1 aliphatic heterocycles. The second-order valence-corrected chi connectivity index (χ2v) is 5.02. The molecule has 9 heteroatoms. The van der Waals surface area contributed by atoms with Gasteiger partial charge in [-0.1, -0.05) is 12.1 Å². The van der Waals surface area contributed by atoms with Crippen molar-refractivity contribution in [2.45, 2.75) is 6.92 Å². The molecule has 0 unspecified atom stereocenters. The van der Waals surface area contributed by atoms with Gasteiger partial charge in [-0.3, -0.25) is 19.7 Å². The number of fused-ring (bicyclic) bond motifs is 1. The first-order valence-corrected chi connectivity index (χ1v) is 7.51. The number of rotatable bonds is 3. The van der Waals surface area contributed by atoms with Crippen LogP contribution in [0.5, 0.6) is 0 Å². The summed E-state index contributed by atoms with van der Waals surface area (Å²) in [5, 5.41) is 10.6. The Bertz CT molecular complexity index is 828. The number of ether oxygens (including phenoxy) is 1. The molecular formula is C17H15N3O6. The van der Waals surface area contributed by atoms with Gasteiger partial charge in [-0.15, -0.1) is 0 Å². The summed E-state index contributed by atoms with van der Waals surface area (Å²) in [4.78, 5) is 45.1. The Morgan fingerprint density at radius 3 is 1.92 bits per heavy atom. The van der Waals surface area contributed by atoms with E-state index in [1.807, 2.05) is 0 Å². The molecule has 0 spiro atoms. The molecule has 134 valence electrons. The summed E-state index contributed by atoms with van der Waals surface area (Å²) in [6.07, 6.45) is -0.711. The monoisotopic (exact) mass is 357 g/mol. The van der Waals surface area contributed by atoms with Crippen LogP contribution in [0.25, 0.3) is 0 Å². The Balaban J connectivity index is 0.000000352. The van der Waals surface area contributed by atoms with Crippen LogP contribution in [-0.4, -0.2) is 29.4 Å². The first-order valence-electron chi connectivity index (χ1n) is 7.51. The molecular weight excluding hydrogens is 342 g/mol. The number of nitrogens with two attached hydrogens (primary N) is 1. The molecule has 3 rings (SSSR count). The SMILES string of the molecule is CCOC(N)=O.O=C1c2ccccc2C(=O)N1c1ccc([N+](=O)[O-])cc1. The number of hydrogen-bond acceptors (Lipinski definition) is 6. The molecule has 0 saturated heterocycles. The molecule has 2 aromatic rings. The number of nitro groups is 1. The van der Waals surface area contributed by atoms with E-state index in [1.165, 1.54) is 24.3 Å².